The first-order valence-corrected chi connectivity index (χ1v) is 10.9. The highest BCUT2D eigenvalue weighted by molar-refractivity contribution is 7.85. The molecule has 0 aromatic heterocycles. The second-order valence-electron chi connectivity index (χ2n) is 5.83. The van der Waals surface area contributed by atoms with Crippen LogP contribution < -0.4 is 0 Å². The number of hydrogen-bond donors (Lipinski definition) is 0. The first-order valence-electron chi connectivity index (χ1n) is 7.78. The van der Waals surface area contributed by atoms with Crippen LogP contribution in [-0.4, -0.2) is 37.4 Å². The fraction of sp³-hybridized carbons (Fsp3) is 0.938. The Morgan fingerprint density at radius 1 is 0.750 bits per heavy atom. The second kappa shape index (κ2) is 16.2. The van der Waals surface area contributed by atoms with E-state index in [9.17, 15) is 25.9 Å². The fourth-order valence-electron chi connectivity index (χ4n) is 1.63. The highest BCUT2D eigenvalue weighted by Crippen LogP contribution is 2.10. The lowest BCUT2D eigenvalue weighted by Crippen LogP contribution is -2.05. The topological polar surface area (TPSA) is 114 Å². The normalized spacial score (nSPS) is 13.6. The summed E-state index contributed by atoms with van der Waals surface area (Å²) in [6.07, 6.45) is 4.75. The number of rotatable bonds is 10. The quantitative estimate of drug-likeness (QED) is 0.414. The zero-order chi connectivity index (χ0) is 17.8. The van der Waals surface area contributed by atoms with Crippen molar-refractivity contribution in [3.8, 4) is 0 Å². The molecule has 0 aromatic carbocycles. The molecule has 0 aromatic rings. The molecular formula is C16H37O6S2-. The Hall–Kier alpha value is -0.310. The average molecular weight is 390 g/mol. The molecule has 0 spiro atoms. The second-order valence-corrected chi connectivity index (χ2v) is 8.88. The standard InChI is InChI=1S/2C7H16O3S.CH4.CH3/c2*1-3-7(2)5-4-6-11(8,9)10;;/h2*7H,3-6H2,1-2H3,(H,8,9,10);1H4;1H3/q;;;+1/p-2. The van der Waals surface area contributed by atoms with Crippen LogP contribution in [0.3, 0.4) is 0 Å². The van der Waals surface area contributed by atoms with E-state index >= 15 is 0 Å². The molecule has 24 heavy (non-hydrogen) atoms. The van der Waals surface area contributed by atoms with Gasteiger partial charge in [-0.15, -0.1) is 0 Å². The lowest BCUT2D eigenvalue weighted by atomic mass is 10.0. The summed E-state index contributed by atoms with van der Waals surface area (Å²) in [7, 11) is -7.96. The Labute approximate surface area is 150 Å². The van der Waals surface area contributed by atoms with Crippen LogP contribution in [0.2, 0.25) is 0 Å². The van der Waals surface area contributed by atoms with E-state index in [0.29, 0.717) is 24.7 Å². The van der Waals surface area contributed by atoms with Gasteiger partial charge in [0.1, 0.15) is 0 Å². The molecule has 6 nitrogen and oxygen atoms in total. The van der Waals surface area contributed by atoms with Crippen LogP contribution in [0.1, 0.15) is 73.6 Å². The van der Waals surface area contributed by atoms with Gasteiger partial charge in [0.15, 0.2) is 0 Å². The maximum atomic E-state index is 10.1. The molecular weight excluding hydrogens is 352 g/mol. The highest BCUT2D eigenvalue weighted by atomic mass is 32.2. The molecule has 0 aliphatic rings. The molecule has 0 radical (unpaired) electrons. The van der Waals surface area contributed by atoms with Crippen molar-refractivity contribution in [1.29, 1.82) is 0 Å². The Kier molecular flexibility index (Phi) is 21.2. The molecule has 0 rings (SSSR count). The summed E-state index contributed by atoms with van der Waals surface area (Å²) in [5.74, 6) is 0.628. The summed E-state index contributed by atoms with van der Waals surface area (Å²) < 4.78 is 60.9. The summed E-state index contributed by atoms with van der Waals surface area (Å²) in [4.78, 5) is 0. The Bertz CT molecular complexity index is 413. The summed E-state index contributed by atoms with van der Waals surface area (Å²) in [6.45, 7) is 8.21. The van der Waals surface area contributed by atoms with Gasteiger partial charge in [0, 0.05) is 18.9 Å². The van der Waals surface area contributed by atoms with E-state index in [1.807, 2.05) is 0 Å². The first kappa shape index (κ1) is 31.5. The van der Waals surface area contributed by atoms with Crippen molar-refractivity contribution < 1.29 is 25.9 Å². The molecule has 150 valence electrons. The van der Waals surface area contributed by atoms with Crippen LogP contribution >= 0.6 is 0 Å². The van der Waals surface area contributed by atoms with Crippen molar-refractivity contribution in [1.82, 2.24) is 0 Å². The van der Waals surface area contributed by atoms with Gasteiger partial charge in [-0.3, -0.25) is 0 Å². The van der Waals surface area contributed by atoms with Gasteiger partial charge < -0.3 is 9.11 Å². The predicted octanol–water partition coefficient (Wildman–Crippen LogP) is 3.80. The van der Waals surface area contributed by atoms with Crippen molar-refractivity contribution in [2.45, 2.75) is 73.6 Å². The van der Waals surface area contributed by atoms with Crippen LogP contribution in [-0.2, 0) is 20.2 Å². The summed E-state index contributed by atoms with van der Waals surface area (Å²) in [5, 5.41) is 0. The van der Waals surface area contributed by atoms with Crippen LogP contribution in [0.15, 0.2) is 0 Å². The van der Waals surface area contributed by atoms with E-state index in [1.165, 1.54) is 0 Å². The molecule has 0 aliphatic heterocycles. The van der Waals surface area contributed by atoms with E-state index in [0.717, 1.165) is 25.7 Å². The first-order chi connectivity index (χ1) is 9.91. The smallest absolute Gasteiger partial charge is 0.0945 e. The van der Waals surface area contributed by atoms with E-state index in [2.05, 4.69) is 27.7 Å². The van der Waals surface area contributed by atoms with Crippen molar-refractivity contribution >= 4 is 20.2 Å². The molecule has 0 fully saturated rings. The molecule has 0 heterocycles. The van der Waals surface area contributed by atoms with Gasteiger partial charge in [-0.05, 0) is 37.5 Å². The monoisotopic (exact) mass is 389 g/mol. The Morgan fingerprint density at radius 2 is 1.00 bits per heavy atom. The Morgan fingerprint density at radius 3 is 1.17 bits per heavy atom. The maximum Gasteiger partial charge on any atom is 0.0945 e. The largest absolute Gasteiger partial charge is 0.748 e. The summed E-state index contributed by atoms with van der Waals surface area (Å²) in [5.41, 5.74) is 0. The molecule has 0 amide bonds. The molecule has 0 saturated heterocycles. The van der Waals surface area contributed by atoms with Gasteiger partial charge in [0.2, 0.25) is 0 Å². The van der Waals surface area contributed by atoms with E-state index in [-0.39, 0.29) is 26.4 Å². The zero-order valence-electron chi connectivity index (χ0n) is 15.1. The van der Waals surface area contributed by atoms with Crippen molar-refractivity contribution in [2.75, 3.05) is 11.5 Å². The Balaban J connectivity index is -0.000000154. The van der Waals surface area contributed by atoms with E-state index in [1.54, 1.807) is 0 Å². The minimum absolute atomic E-state index is 0. The van der Waals surface area contributed by atoms with Gasteiger partial charge in [0.25, 0.3) is 0 Å². The third-order valence-electron chi connectivity index (χ3n) is 3.58. The molecule has 0 saturated carbocycles. The molecule has 0 N–H and O–H groups in total. The number of hydrogen-bond acceptors (Lipinski definition) is 6. The molecule has 2 unspecified atom stereocenters. The van der Waals surface area contributed by atoms with E-state index < -0.39 is 20.2 Å². The van der Waals surface area contributed by atoms with Gasteiger partial charge >= 0.3 is 0 Å². The lowest BCUT2D eigenvalue weighted by molar-refractivity contribution is 0.450. The summed E-state index contributed by atoms with van der Waals surface area (Å²) in [6, 6.07) is 0. The van der Waals surface area contributed by atoms with Gasteiger partial charge in [-0.2, -0.15) is 0 Å². The molecule has 0 bridgehead atoms. The van der Waals surface area contributed by atoms with Gasteiger partial charge in [0.05, 0.1) is 20.2 Å². The van der Waals surface area contributed by atoms with Crippen LogP contribution in [0, 0.1) is 19.3 Å². The van der Waals surface area contributed by atoms with Crippen LogP contribution in [0.5, 0.6) is 0 Å². The summed E-state index contributed by atoms with van der Waals surface area (Å²) >= 11 is 0. The van der Waals surface area contributed by atoms with Crippen molar-refractivity contribution in [3.05, 3.63) is 7.43 Å². The molecule has 8 heteroatoms. The third-order valence-corrected chi connectivity index (χ3v) is 5.15. The SMILES string of the molecule is C.CCC(C)CCCS(=O)(=O)[O-].CCC(C)CCCS(=O)(=O)[O-].[CH3+]. The average Bonchev–Trinajstić information content (AvgIpc) is 2.36. The van der Waals surface area contributed by atoms with Crippen LogP contribution in [0.4, 0.5) is 0 Å². The molecule has 0 aliphatic carbocycles. The zero-order valence-corrected chi connectivity index (χ0v) is 16.7. The minimum atomic E-state index is -3.98. The molecule has 2 atom stereocenters. The van der Waals surface area contributed by atoms with Crippen molar-refractivity contribution in [3.63, 3.8) is 0 Å². The highest BCUT2D eigenvalue weighted by Gasteiger charge is 2.01. The predicted molar refractivity (Wildman–Crippen MR) is 99.7 cm³/mol. The minimum Gasteiger partial charge on any atom is -0.748 e. The van der Waals surface area contributed by atoms with Gasteiger partial charge in [-0.1, -0.05) is 48.0 Å². The van der Waals surface area contributed by atoms with Gasteiger partial charge in [-0.25, -0.2) is 16.8 Å². The maximum absolute atomic E-state index is 10.1. The van der Waals surface area contributed by atoms with Crippen LogP contribution in [0.25, 0.3) is 0 Å². The fourth-order valence-corrected chi connectivity index (χ4v) is 2.67. The van der Waals surface area contributed by atoms with E-state index in [4.69, 9.17) is 0 Å². The lowest BCUT2D eigenvalue weighted by Gasteiger charge is -2.09. The third kappa shape index (κ3) is 29.7. The van der Waals surface area contributed by atoms with Crippen molar-refractivity contribution in [2.24, 2.45) is 11.8 Å².